The predicted octanol–water partition coefficient (Wildman–Crippen LogP) is 4.48. The molecule has 1 saturated heterocycles. The maximum absolute atomic E-state index is 13.2. The summed E-state index contributed by atoms with van der Waals surface area (Å²) >= 11 is 5.98. The monoisotopic (exact) mass is 525 g/mol. The summed E-state index contributed by atoms with van der Waals surface area (Å²) in [6.45, 7) is 4.46. The molecule has 37 heavy (non-hydrogen) atoms. The molecule has 3 aromatic rings. The quantitative estimate of drug-likeness (QED) is 0.357. The van der Waals surface area contributed by atoms with E-state index in [0.29, 0.717) is 23.8 Å². The molecule has 0 saturated carbocycles. The fourth-order valence-electron chi connectivity index (χ4n) is 4.42. The number of nitrogens with zero attached hydrogens (tertiary/aromatic N) is 2. The van der Waals surface area contributed by atoms with Crippen LogP contribution in [0.15, 0.2) is 48.8 Å². The molecule has 0 radical (unpaired) electrons. The number of carbonyl (C=O) groups is 3. The van der Waals surface area contributed by atoms with Gasteiger partial charge in [0.2, 0.25) is 0 Å². The van der Waals surface area contributed by atoms with Crippen molar-refractivity contribution in [3.05, 3.63) is 82.1 Å². The summed E-state index contributed by atoms with van der Waals surface area (Å²) in [5.41, 5.74) is 1.52. The van der Waals surface area contributed by atoms with Crippen LogP contribution in [0.5, 0.6) is 0 Å². The normalized spacial score (nSPS) is 15.8. The summed E-state index contributed by atoms with van der Waals surface area (Å²) in [5.74, 6) is -1.67. The summed E-state index contributed by atoms with van der Waals surface area (Å²) < 4.78 is 13.2. The third kappa shape index (κ3) is 6.81. The van der Waals surface area contributed by atoms with Gasteiger partial charge in [-0.05, 0) is 62.2 Å². The molecule has 4 rings (SSSR count). The Balaban J connectivity index is 1.31. The summed E-state index contributed by atoms with van der Waals surface area (Å²) in [5, 5.41) is 5.65. The highest BCUT2D eigenvalue weighted by Gasteiger charge is 2.22. The number of carbonyl (C=O) groups excluding carboxylic acids is 3. The molecule has 2 aromatic carbocycles. The van der Waals surface area contributed by atoms with E-state index in [2.05, 4.69) is 32.4 Å². The van der Waals surface area contributed by atoms with Gasteiger partial charge in [-0.25, -0.2) is 9.37 Å². The minimum atomic E-state index is -0.530. The molecule has 1 unspecified atom stereocenters. The van der Waals surface area contributed by atoms with Crippen molar-refractivity contribution in [2.45, 2.75) is 38.6 Å². The number of piperidine rings is 1. The topological polar surface area (TPSA) is 107 Å². The molecule has 2 amide bonds. The van der Waals surface area contributed by atoms with Crippen molar-refractivity contribution in [2.75, 3.05) is 25.0 Å². The van der Waals surface area contributed by atoms with Crippen molar-refractivity contribution in [2.24, 2.45) is 0 Å². The second-order valence-corrected chi connectivity index (χ2v) is 9.55. The number of benzene rings is 2. The second-order valence-electron chi connectivity index (χ2n) is 9.14. The van der Waals surface area contributed by atoms with Crippen molar-refractivity contribution >= 4 is 34.9 Å². The van der Waals surface area contributed by atoms with Crippen LogP contribution in [0.1, 0.15) is 63.1 Å². The molecular weight excluding hydrogens is 497 g/mol. The predicted molar refractivity (Wildman–Crippen MR) is 140 cm³/mol. The number of nitrogens with one attached hydrogen (secondary N) is 3. The molecule has 1 aromatic heterocycles. The van der Waals surface area contributed by atoms with Gasteiger partial charge in [0.1, 0.15) is 11.5 Å². The number of H-pyrrole nitrogens is 1. The van der Waals surface area contributed by atoms with Crippen LogP contribution in [-0.4, -0.2) is 58.1 Å². The molecule has 10 heteroatoms. The molecule has 194 valence electrons. The zero-order valence-electron chi connectivity index (χ0n) is 20.5. The maximum Gasteiger partial charge on any atom is 0.276 e. The molecule has 2 heterocycles. The molecule has 8 nitrogen and oxygen atoms in total. The highest BCUT2D eigenvalue weighted by Crippen LogP contribution is 2.20. The highest BCUT2D eigenvalue weighted by atomic mass is 35.5. The SMILES string of the molecule is CC1CCCCN1CCNC(=O)c1[nH]cnc1C(=O)Nc1ccc(CC(=O)c2ccc(F)cc2Cl)cc1. The summed E-state index contributed by atoms with van der Waals surface area (Å²) in [7, 11) is 0. The van der Waals surface area contributed by atoms with Crippen LogP contribution in [-0.2, 0) is 6.42 Å². The largest absolute Gasteiger partial charge is 0.349 e. The van der Waals surface area contributed by atoms with Crippen LogP contribution in [0.3, 0.4) is 0 Å². The zero-order chi connectivity index (χ0) is 26.4. The summed E-state index contributed by atoms with van der Waals surface area (Å²) in [6.07, 6.45) is 4.95. The molecule has 1 fully saturated rings. The Labute approximate surface area is 219 Å². The molecule has 0 aliphatic carbocycles. The Morgan fingerprint density at radius 3 is 2.65 bits per heavy atom. The molecule has 1 atom stereocenters. The molecular formula is C27H29ClFN5O3. The van der Waals surface area contributed by atoms with Gasteiger partial charge < -0.3 is 15.6 Å². The lowest BCUT2D eigenvalue weighted by Crippen LogP contribution is -2.42. The van der Waals surface area contributed by atoms with Crippen LogP contribution in [0.25, 0.3) is 0 Å². The smallest absolute Gasteiger partial charge is 0.276 e. The zero-order valence-corrected chi connectivity index (χ0v) is 21.3. The van der Waals surface area contributed by atoms with Crippen LogP contribution in [0.2, 0.25) is 5.02 Å². The number of rotatable bonds is 9. The van der Waals surface area contributed by atoms with Crippen molar-refractivity contribution in [3.63, 3.8) is 0 Å². The van der Waals surface area contributed by atoms with Crippen molar-refractivity contribution in [3.8, 4) is 0 Å². The van der Waals surface area contributed by atoms with Crippen LogP contribution in [0.4, 0.5) is 10.1 Å². The van der Waals surface area contributed by atoms with Gasteiger partial charge in [-0.3, -0.25) is 19.3 Å². The van der Waals surface area contributed by atoms with Crippen molar-refractivity contribution in [1.82, 2.24) is 20.2 Å². The van der Waals surface area contributed by atoms with Crippen LogP contribution >= 0.6 is 11.6 Å². The number of aromatic amines is 1. The molecule has 0 bridgehead atoms. The van der Waals surface area contributed by atoms with Crippen LogP contribution in [0, 0.1) is 5.82 Å². The van der Waals surface area contributed by atoms with Crippen molar-refractivity contribution in [1.29, 1.82) is 0 Å². The lowest BCUT2D eigenvalue weighted by molar-refractivity contribution is 0.0922. The van der Waals surface area contributed by atoms with Gasteiger partial charge in [0.25, 0.3) is 11.8 Å². The van der Waals surface area contributed by atoms with E-state index in [0.717, 1.165) is 19.2 Å². The van der Waals surface area contributed by atoms with Crippen LogP contribution < -0.4 is 10.6 Å². The molecule has 1 aliphatic heterocycles. The van der Waals surface area contributed by atoms with Crippen molar-refractivity contribution < 1.29 is 18.8 Å². The molecule has 1 aliphatic rings. The summed E-state index contributed by atoms with van der Waals surface area (Å²) in [6, 6.07) is 10.9. The Kier molecular flexibility index (Phi) is 8.68. The Hall–Kier alpha value is -3.56. The number of likely N-dealkylation sites (tertiary alicyclic amines) is 1. The molecule has 0 spiro atoms. The first-order valence-electron chi connectivity index (χ1n) is 12.3. The fraction of sp³-hybridized carbons (Fsp3) is 0.333. The van der Waals surface area contributed by atoms with E-state index in [1.165, 1.54) is 37.7 Å². The third-order valence-electron chi connectivity index (χ3n) is 6.51. The van der Waals surface area contributed by atoms with Gasteiger partial charge in [-0.15, -0.1) is 0 Å². The van der Waals surface area contributed by atoms with E-state index in [-0.39, 0.29) is 40.1 Å². The fourth-order valence-corrected chi connectivity index (χ4v) is 4.70. The van der Waals surface area contributed by atoms with Gasteiger partial charge in [0.05, 0.1) is 11.3 Å². The Bertz CT molecular complexity index is 1280. The summed E-state index contributed by atoms with van der Waals surface area (Å²) in [4.78, 5) is 47.1. The average Bonchev–Trinajstić information content (AvgIpc) is 3.37. The Morgan fingerprint density at radius 1 is 1.14 bits per heavy atom. The van der Waals surface area contributed by atoms with E-state index >= 15 is 0 Å². The third-order valence-corrected chi connectivity index (χ3v) is 6.83. The first-order valence-corrected chi connectivity index (χ1v) is 12.6. The first kappa shape index (κ1) is 26.5. The lowest BCUT2D eigenvalue weighted by Gasteiger charge is -2.33. The standard InChI is InChI=1S/C27H29ClFN5O3/c1-17-4-2-3-12-34(17)13-11-30-26(36)24-25(32-16-31-24)27(37)33-20-8-5-18(6-9-20)14-23(35)21-10-7-19(29)15-22(21)28/h5-10,15-17H,2-4,11-14H2,1H3,(H,30,36)(H,31,32)(H,33,37). The van der Waals surface area contributed by atoms with Gasteiger partial charge >= 0.3 is 0 Å². The number of ketones is 1. The highest BCUT2D eigenvalue weighted by molar-refractivity contribution is 6.34. The number of imidazole rings is 1. The average molecular weight is 526 g/mol. The number of halogens is 2. The lowest BCUT2D eigenvalue weighted by atomic mass is 10.0. The number of anilines is 1. The maximum atomic E-state index is 13.2. The number of amides is 2. The second kappa shape index (κ2) is 12.1. The van der Waals surface area contributed by atoms with Gasteiger partial charge in [0, 0.05) is 36.8 Å². The number of hydrogen-bond donors (Lipinski definition) is 3. The minimum Gasteiger partial charge on any atom is -0.349 e. The minimum absolute atomic E-state index is 0.00551. The van der Waals surface area contributed by atoms with E-state index < -0.39 is 11.7 Å². The number of hydrogen-bond acceptors (Lipinski definition) is 5. The number of aromatic nitrogens is 2. The van der Waals surface area contributed by atoms with E-state index in [1.807, 2.05) is 0 Å². The van der Waals surface area contributed by atoms with E-state index in [4.69, 9.17) is 11.6 Å². The number of Topliss-reactive ketones (excluding diaryl/α,β-unsaturated/α-hetero) is 1. The van der Waals surface area contributed by atoms with Gasteiger partial charge in [-0.2, -0.15) is 0 Å². The Morgan fingerprint density at radius 2 is 1.92 bits per heavy atom. The van der Waals surface area contributed by atoms with E-state index in [1.54, 1.807) is 24.3 Å². The molecule has 3 N–H and O–H groups in total. The van der Waals surface area contributed by atoms with Gasteiger partial charge in [0.15, 0.2) is 11.5 Å². The van der Waals surface area contributed by atoms with Gasteiger partial charge in [-0.1, -0.05) is 30.2 Å². The first-order chi connectivity index (χ1) is 17.8. The van der Waals surface area contributed by atoms with E-state index in [9.17, 15) is 18.8 Å².